The number of likely N-dealkylation sites (tertiary alicyclic amines) is 1. The Morgan fingerprint density at radius 2 is 1.84 bits per heavy atom. The van der Waals surface area contributed by atoms with Crippen LogP contribution >= 0.6 is 0 Å². The number of ether oxygens (including phenoxy) is 1. The summed E-state index contributed by atoms with van der Waals surface area (Å²) in [5, 5.41) is 3.74. The highest BCUT2D eigenvalue weighted by Crippen LogP contribution is 2.37. The smallest absolute Gasteiger partial charge is 0.410 e. The first-order valence-electron chi connectivity index (χ1n) is 11.2. The lowest BCUT2D eigenvalue weighted by atomic mass is 9.88. The Morgan fingerprint density at radius 3 is 2.45 bits per heavy atom. The number of nitrogens with one attached hydrogen (secondary N) is 1. The van der Waals surface area contributed by atoms with E-state index in [4.69, 9.17) is 10.5 Å². The van der Waals surface area contributed by atoms with Crippen molar-refractivity contribution < 1.29 is 14.3 Å². The van der Waals surface area contributed by atoms with Gasteiger partial charge >= 0.3 is 6.09 Å². The molecular weight excluding hydrogens is 394 g/mol. The van der Waals surface area contributed by atoms with E-state index in [1.54, 1.807) is 0 Å². The van der Waals surface area contributed by atoms with Gasteiger partial charge in [0, 0.05) is 38.3 Å². The average Bonchev–Trinajstić information content (AvgIpc) is 3.05. The van der Waals surface area contributed by atoms with Crippen molar-refractivity contribution in [1.82, 2.24) is 20.0 Å². The summed E-state index contributed by atoms with van der Waals surface area (Å²) in [6.07, 6.45) is 1.42. The van der Waals surface area contributed by atoms with Crippen molar-refractivity contribution in [1.29, 1.82) is 0 Å². The van der Waals surface area contributed by atoms with Crippen molar-refractivity contribution >= 4 is 12.0 Å². The fraction of sp³-hybridized carbons (Fsp3) is 0.652. The number of hydrogen-bond acceptors (Lipinski definition) is 6. The van der Waals surface area contributed by atoms with Crippen LogP contribution in [0.15, 0.2) is 30.3 Å². The van der Waals surface area contributed by atoms with Gasteiger partial charge in [-0.25, -0.2) is 4.79 Å². The van der Waals surface area contributed by atoms with Crippen LogP contribution in [0.25, 0.3) is 0 Å². The summed E-state index contributed by atoms with van der Waals surface area (Å²) >= 11 is 0. The van der Waals surface area contributed by atoms with E-state index in [1.165, 1.54) is 10.5 Å². The molecule has 3 fully saturated rings. The molecule has 170 valence electrons. The molecule has 3 aliphatic rings. The van der Waals surface area contributed by atoms with Gasteiger partial charge < -0.3 is 15.4 Å². The number of fused-ring (bicyclic) bond motifs is 1. The van der Waals surface area contributed by atoms with Crippen LogP contribution in [0.4, 0.5) is 4.79 Å². The lowest BCUT2D eigenvalue weighted by molar-refractivity contribution is -0.143. The van der Waals surface area contributed by atoms with Crippen LogP contribution in [-0.2, 0) is 16.1 Å². The normalized spacial score (nSPS) is 26.3. The van der Waals surface area contributed by atoms with Gasteiger partial charge in [-0.05, 0) is 39.2 Å². The van der Waals surface area contributed by atoms with Crippen molar-refractivity contribution in [3.63, 3.8) is 0 Å². The summed E-state index contributed by atoms with van der Waals surface area (Å²) in [5.74, 6) is -0.0707. The van der Waals surface area contributed by atoms with Crippen molar-refractivity contribution in [2.75, 3.05) is 39.3 Å². The van der Waals surface area contributed by atoms with E-state index in [2.05, 4.69) is 34.5 Å². The fourth-order valence-corrected chi connectivity index (χ4v) is 5.07. The molecule has 1 unspecified atom stereocenters. The van der Waals surface area contributed by atoms with E-state index >= 15 is 0 Å². The van der Waals surface area contributed by atoms with Crippen molar-refractivity contribution in [2.24, 2.45) is 5.73 Å². The monoisotopic (exact) mass is 429 g/mol. The zero-order valence-electron chi connectivity index (χ0n) is 18.9. The second-order valence-corrected chi connectivity index (χ2v) is 10.2. The van der Waals surface area contributed by atoms with E-state index in [0.717, 1.165) is 32.5 Å². The number of nitrogens with two attached hydrogens (primary N) is 1. The Bertz CT molecular complexity index is 816. The predicted octanol–water partition coefficient (Wildman–Crippen LogP) is 1.36. The van der Waals surface area contributed by atoms with Gasteiger partial charge in [-0.3, -0.25) is 19.9 Å². The molecule has 3 heterocycles. The number of amides is 2. The number of hydrogen-bond donors (Lipinski definition) is 2. The number of nitrogens with zero attached hydrogens (tertiary/aromatic N) is 3. The van der Waals surface area contributed by atoms with E-state index in [0.29, 0.717) is 13.1 Å². The minimum Gasteiger partial charge on any atom is -0.444 e. The third-order valence-electron chi connectivity index (χ3n) is 6.61. The maximum absolute atomic E-state index is 13.0. The van der Waals surface area contributed by atoms with Gasteiger partial charge in [0.2, 0.25) is 5.91 Å². The number of rotatable bonds is 3. The third-order valence-corrected chi connectivity index (χ3v) is 6.61. The molecule has 1 aromatic rings. The molecule has 1 atom stereocenters. The second kappa shape index (κ2) is 8.07. The van der Waals surface area contributed by atoms with Gasteiger partial charge in [-0.2, -0.15) is 0 Å². The second-order valence-electron chi connectivity index (χ2n) is 10.2. The fourth-order valence-electron chi connectivity index (χ4n) is 5.07. The van der Waals surface area contributed by atoms with Crippen LogP contribution in [0.1, 0.15) is 39.2 Å². The van der Waals surface area contributed by atoms with Gasteiger partial charge in [-0.15, -0.1) is 0 Å². The molecule has 4 rings (SSSR count). The molecule has 0 bridgehead atoms. The van der Waals surface area contributed by atoms with E-state index in [1.807, 2.05) is 31.7 Å². The lowest BCUT2D eigenvalue weighted by Crippen LogP contribution is -2.71. The van der Waals surface area contributed by atoms with Crippen LogP contribution in [0.5, 0.6) is 0 Å². The summed E-state index contributed by atoms with van der Waals surface area (Å²) in [5.41, 5.74) is 6.02. The molecule has 1 spiro atoms. The van der Waals surface area contributed by atoms with Gasteiger partial charge in [0.05, 0.1) is 6.54 Å². The first kappa shape index (κ1) is 22.0. The molecule has 2 amide bonds. The van der Waals surface area contributed by atoms with Crippen molar-refractivity contribution in [3.05, 3.63) is 35.9 Å². The van der Waals surface area contributed by atoms with E-state index < -0.39 is 17.4 Å². The predicted molar refractivity (Wildman–Crippen MR) is 118 cm³/mol. The van der Waals surface area contributed by atoms with E-state index in [9.17, 15) is 9.59 Å². The SMILES string of the molecule is CC(C)(C)OC(=O)N1CC(=O)N2CC3(CCN(Cc4ccccc4)CC3)NC2(CN)C1. The molecule has 0 saturated carbocycles. The number of piperazine rings is 1. The van der Waals surface area contributed by atoms with Gasteiger partial charge in [0.1, 0.15) is 17.8 Å². The molecule has 3 saturated heterocycles. The molecule has 8 nitrogen and oxygen atoms in total. The molecule has 31 heavy (non-hydrogen) atoms. The highest BCUT2D eigenvalue weighted by atomic mass is 16.6. The topological polar surface area (TPSA) is 91.1 Å². The maximum atomic E-state index is 13.0. The minimum absolute atomic E-state index is 0.0363. The molecular formula is C23H35N5O3. The summed E-state index contributed by atoms with van der Waals surface area (Å²) in [7, 11) is 0. The Kier molecular flexibility index (Phi) is 5.74. The number of piperidine rings is 1. The highest BCUT2D eigenvalue weighted by molar-refractivity contribution is 5.85. The molecule has 0 aromatic heterocycles. The van der Waals surface area contributed by atoms with Crippen molar-refractivity contribution in [3.8, 4) is 0 Å². The van der Waals surface area contributed by atoms with Gasteiger partial charge in [0.15, 0.2) is 0 Å². The third kappa shape index (κ3) is 4.56. The molecule has 3 aliphatic heterocycles. The molecule has 0 aliphatic carbocycles. The average molecular weight is 430 g/mol. The number of benzene rings is 1. The van der Waals surface area contributed by atoms with Crippen molar-refractivity contribution in [2.45, 2.75) is 57.0 Å². The summed E-state index contributed by atoms with van der Waals surface area (Å²) in [6, 6.07) is 10.5. The molecule has 3 N–H and O–H groups in total. The van der Waals surface area contributed by atoms with Gasteiger partial charge in [-0.1, -0.05) is 30.3 Å². The standard InChI is InChI=1S/C23H35N5O3/c1-21(2,3)31-20(30)27-14-19(29)28-16-22(25-23(28,15-24)17-27)9-11-26(12-10-22)13-18-7-5-4-6-8-18/h4-8,25H,9-17,24H2,1-3H3. The minimum atomic E-state index is -0.728. The summed E-state index contributed by atoms with van der Waals surface area (Å²) in [6.45, 7) is 9.62. The quantitative estimate of drug-likeness (QED) is 0.754. The highest BCUT2D eigenvalue weighted by Gasteiger charge is 2.57. The Hall–Kier alpha value is -2.16. The lowest BCUT2D eigenvalue weighted by Gasteiger charge is -2.46. The van der Waals surface area contributed by atoms with Gasteiger partial charge in [0.25, 0.3) is 0 Å². The largest absolute Gasteiger partial charge is 0.444 e. The molecule has 1 aromatic carbocycles. The first-order valence-corrected chi connectivity index (χ1v) is 11.2. The molecule has 0 radical (unpaired) electrons. The Balaban J connectivity index is 1.43. The van der Waals surface area contributed by atoms with Crippen LogP contribution in [0.2, 0.25) is 0 Å². The first-order chi connectivity index (χ1) is 14.6. The zero-order valence-corrected chi connectivity index (χ0v) is 18.9. The van der Waals surface area contributed by atoms with Crippen LogP contribution in [0, 0.1) is 0 Å². The Labute approximate surface area is 184 Å². The molecule has 8 heteroatoms. The summed E-state index contributed by atoms with van der Waals surface area (Å²) in [4.78, 5) is 31.5. The van der Waals surface area contributed by atoms with Crippen LogP contribution < -0.4 is 11.1 Å². The maximum Gasteiger partial charge on any atom is 0.410 e. The Morgan fingerprint density at radius 1 is 1.16 bits per heavy atom. The number of carbonyl (C=O) groups excluding carboxylic acids is 2. The van der Waals surface area contributed by atoms with Crippen LogP contribution in [0.3, 0.4) is 0 Å². The van der Waals surface area contributed by atoms with E-state index in [-0.39, 0.29) is 24.5 Å². The number of carbonyl (C=O) groups is 2. The summed E-state index contributed by atoms with van der Waals surface area (Å²) < 4.78 is 5.51. The van der Waals surface area contributed by atoms with Crippen LogP contribution in [-0.4, -0.2) is 82.8 Å². The zero-order chi connectivity index (χ0) is 22.3.